The van der Waals surface area contributed by atoms with Crippen molar-refractivity contribution in [2.24, 2.45) is 0 Å². The van der Waals surface area contributed by atoms with Crippen LogP contribution in [-0.4, -0.2) is 80.0 Å². The fourth-order valence-electron chi connectivity index (χ4n) is 10.0. The van der Waals surface area contributed by atoms with Crippen LogP contribution in [0.1, 0.15) is 302 Å². The van der Waals surface area contributed by atoms with Crippen molar-refractivity contribution in [1.29, 1.82) is 0 Å². The van der Waals surface area contributed by atoms with Crippen LogP contribution in [0.25, 0.3) is 0 Å². The molecule has 12 heteroatoms. The number of hydrogen-bond acceptors (Lipinski definition) is 11. The molecule has 0 saturated heterocycles. The Labute approximate surface area is 555 Å². The van der Waals surface area contributed by atoms with Crippen molar-refractivity contribution in [1.82, 2.24) is 10.2 Å². The van der Waals surface area contributed by atoms with Crippen molar-refractivity contribution >= 4 is 30.0 Å². The molecule has 2 aromatic rings. The summed E-state index contributed by atoms with van der Waals surface area (Å²) in [6, 6.07) is 16.9. The number of unbranched alkanes of at least 4 members (excludes halogenated alkanes) is 24. The van der Waals surface area contributed by atoms with E-state index in [1.807, 2.05) is 45.1 Å². The molecule has 0 aromatic heterocycles. The van der Waals surface area contributed by atoms with Gasteiger partial charge in [0.25, 0.3) is 0 Å². The van der Waals surface area contributed by atoms with E-state index in [1.165, 1.54) is 120 Å². The Hall–Kier alpha value is -5.49. The minimum absolute atomic E-state index is 0.0763. The number of ether oxygens (including phenoxy) is 5. The van der Waals surface area contributed by atoms with E-state index in [0.717, 1.165) is 133 Å². The molecule has 0 spiro atoms. The van der Waals surface area contributed by atoms with E-state index in [1.54, 1.807) is 4.90 Å². The van der Waals surface area contributed by atoms with E-state index in [0.29, 0.717) is 65.2 Å². The van der Waals surface area contributed by atoms with Crippen LogP contribution < -0.4 is 5.32 Å². The third-order valence-corrected chi connectivity index (χ3v) is 15.6. The summed E-state index contributed by atoms with van der Waals surface area (Å²) in [6.45, 7) is 19.0. The number of nitrogens with one attached hydrogen (secondary N) is 1. The van der Waals surface area contributed by atoms with Crippen LogP contribution in [-0.2, 0) is 68.8 Å². The van der Waals surface area contributed by atoms with Crippen molar-refractivity contribution in [3.8, 4) is 0 Å². The van der Waals surface area contributed by atoms with Crippen molar-refractivity contribution in [3.63, 3.8) is 0 Å². The predicted molar refractivity (Wildman–Crippen MR) is 378 cm³/mol. The fourth-order valence-corrected chi connectivity index (χ4v) is 10.0. The lowest BCUT2D eigenvalue weighted by molar-refractivity contribution is -0.143. The van der Waals surface area contributed by atoms with E-state index in [-0.39, 0.29) is 30.0 Å². The molecule has 0 atom stereocenters. The third kappa shape index (κ3) is 55.8. The smallest absolute Gasteiger partial charge is 0.410 e. The average Bonchev–Trinajstić information content (AvgIpc) is 3.74. The monoisotopic (exact) mass is 1270 g/mol. The first-order valence-corrected chi connectivity index (χ1v) is 36.4. The normalized spacial score (nSPS) is 11.6. The molecule has 0 unspecified atom stereocenters. The number of carbonyl (C=O) groups is 5. The molecule has 516 valence electrons. The maximum atomic E-state index is 13.0. The highest BCUT2D eigenvalue weighted by Crippen LogP contribution is 2.18. The van der Waals surface area contributed by atoms with Crippen LogP contribution in [0.4, 0.5) is 4.79 Å². The molecular weight excluding hydrogens is 1140 g/mol. The summed E-state index contributed by atoms with van der Waals surface area (Å²) in [7, 11) is 0. The Morgan fingerprint density at radius 3 is 1.07 bits per heavy atom. The maximum absolute atomic E-state index is 13.0. The Morgan fingerprint density at radius 1 is 0.374 bits per heavy atom. The fraction of sp³-hybridized carbons (Fsp3) is 0.684. The summed E-state index contributed by atoms with van der Waals surface area (Å²) >= 11 is 0. The van der Waals surface area contributed by atoms with E-state index in [2.05, 4.69) is 106 Å². The summed E-state index contributed by atoms with van der Waals surface area (Å²) in [4.78, 5) is 62.7. The Kier molecular flexibility index (Phi) is 55.7. The first-order valence-electron chi connectivity index (χ1n) is 36.4. The zero-order valence-corrected chi connectivity index (χ0v) is 58.8. The number of carbonyl (C=O) groups excluding carboxylic acids is 5. The number of esters is 4. The van der Waals surface area contributed by atoms with Crippen LogP contribution in [0.3, 0.4) is 0 Å². The average molecular weight is 1270 g/mol. The second-order valence-corrected chi connectivity index (χ2v) is 25.5. The van der Waals surface area contributed by atoms with Gasteiger partial charge in [0.15, 0.2) is 0 Å². The van der Waals surface area contributed by atoms with E-state index in [9.17, 15) is 24.0 Å². The van der Waals surface area contributed by atoms with Gasteiger partial charge in [-0.15, -0.1) is 0 Å². The summed E-state index contributed by atoms with van der Waals surface area (Å²) in [6.07, 6.45) is 55.5. The molecule has 0 aliphatic heterocycles. The number of allylic oxidation sites excluding steroid dienone is 4. The van der Waals surface area contributed by atoms with Gasteiger partial charge in [0.2, 0.25) is 0 Å². The third-order valence-electron chi connectivity index (χ3n) is 15.6. The van der Waals surface area contributed by atoms with Crippen molar-refractivity contribution in [2.45, 2.75) is 311 Å². The van der Waals surface area contributed by atoms with Crippen LogP contribution >= 0.6 is 0 Å². The topological polar surface area (TPSA) is 147 Å². The second kappa shape index (κ2) is 60.7. The van der Waals surface area contributed by atoms with Crippen LogP contribution in [0.2, 0.25) is 0 Å². The van der Waals surface area contributed by atoms with Crippen molar-refractivity contribution in [3.05, 3.63) is 119 Å². The first kappa shape index (κ1) is 83.5. The number of benzene rings is 2. The number of hydrogen-bond donors (Lipinski definition) is 1. The van der Waals surface area contributed by atoms with Crippen LogP contribution in [0.5, 0.6) is 0 Å². The minimum atomic E-state index is -0.566. The van der Waals surface area contributed by atoms with Gasteiger partial charge < -0.3 is 33.9 Å². The zero-order valence-electron chi connectivity index (χ0n) is 58.8. The minimum Gasteiger partial charge on any atom is -0.461 e. The van der Waals surface area contributed by atoms with Gasteiger partial charge in [-0.25, -0.2) is 4.79 Å². The lowest BCUT2D eigenvalue weighted by atomic mass is 10.1. The van der Waals surface area contributed by atoms with Crippen molar-refractivity contribution in [2.75, 3.05) is 39.5 Å². The molecule has 2 rings (SSSR count). The zero-order chi connectivity index (χ0) is 66.4. The maximum Gasteiger partial charge on any atom is 0.410 e. The summed E-state index contributed by atoms with van der Waals surface area (Å²) in [5.41, 5.74) is 4.18. The first-order chi connectivity index (χ1) is 44.3. The number of rotatable bonds is 56. The number of amides is 1. The van der Waals surface area contributed by atoms with E-state index >= 15 is 0 Å². The molecule has 0 bridgehead atoms. The van der Waals surface area contributed by atoms with Crippen LogP contribution in [0, 0.1) is 0 Å². The summed E-state index contributed by atoms with van der Waals surface area (Å²) in [5, 5.41) is 3.53. The summed E-state index contributed by atoms with van der Waals surface area (Å²) in [5.74, 6) is -0.477. The lowest BCUT2D eigenvalue weighted by Gasteiger charge is -2.27. The number of nitrogens with zero attached hydrogens (tertiary/aromatic N) is 1. The Balaban J connectivity index is 0.000000921. The standard InChI is InChI=1S/C42H69NO6.C37H61NO4/c1-6-8-10-12-14-19-23-34-47-39(44)27-21-17-16-18-22-33-43(41(46)49-42(3,4)5)36-38-31-29-37(30-32-38)26-25-28-40(45)48-35-24-20-15-13-11-9-7-2;1-3-5-7-9-11-16-20-31-41-36(39)24-18-14-13-15-19-30-38-33-35-28-26-34(27-29-35)23-22-25-37(40)42-32-21-17-12-10-8-6-4-2/h19-20,23-24,29-32H,6-18,21-22,25-28,33-36H2,1-5H3;16-17,20-21,26-29,38H,3-15,18-19,22-25,30-33H2,1-2H3/b23-19-,24-20-;20-16-,21-17-. The molecule has 0 aliphatic rings. The molecule has 0 fully saturated rings. The molecule has 0 saturated carbocycles. The molecule has 91 heavy (non-hydrogen) atoms. The van der Waals surface area contributed by atoms with Crippen molar-refractivity contribution < 1.29 is 47.7 Å². The molecule has 0 aliphatic carbocycles. The number of aryl methyl sites for hydroxylation is 2. The van der Waals surface area contributed by atoms with Gasteiger partial charge in [-0.2, -0.15) is 0 Å². The molecule has 2 aromatic carbocycles. The van der Waals surface area contributed by atoms with E-state index in [4.69, 9.17) is 23.7 Å². The quantitative estimate of drug-likeness (QED) is 0.0292. The molecule has 0 radical (unpaired) electrons. The van der Waals surface area contributed by atoms with Gasteiger partial charge in [0.05, 0.1) is 0 Å². The van der Waals surface area contributed by atoms with Gasteiger partial charge in [-0.1, -0.05) is 240 Å². The summed E-state index contributed by atoms with van der Waals surface area (Å²) < 4.78 is 26.9. The van der Waals surface area contributed by atoms with Gasteiger partial charge >= 0.3 is 30.0 Å². The Morgan fingerprint density at radius 2 is 0.692 bits per heavy atom. The largest absolute Gasteiger partial charge is 0.461 e. The Bertz CT molecular complexity index is 2190. The lowest BCUT2D eigenvalue weighted by Crippen LogP contribution is -2.37. The molecule has 1 N–H and O–H groups in total. The van der Waals surface area contributed by atoms with Gasteiger partial charge in [-0.05, 0) is 152 Å². The molecular formula is C79H130N2O10. The van der Waals surface area contributed by atoms with Gasteiger partial charge in [0, 0.05) is 45.3 Å². The van der Waals surface area contributed by atoms with E-state index < -0.39 is 5.60 Å². The SMILES string of the molecule is CCCCCC/C=C\COC(=O)CCCCCCCN(Cc1ccc(CCCC(=O)OC/C=C\CCCCCC)cc1)C(=O)OC(C)(C)C.CCCCCC/C=C\COC(=O)CCCCCCCNCc1ccc(CCCC(=O)OC/C=C\CCCCCC)cc1. The molecule has 0 heterocycles. The predicted octanol–water partition coefficient (Wildman–Crippen LogP) is 20.8. The molecule has 12 nitrogen and oxygen atoms in total. The van der Waals surface area contributed by atoms with Gasteiger partial charge in [0.1, 0.15) is 32.0 Å². The van der Waals surface area contributed by atoms with Gasteiger partial charge in [-0.3, -0.25) is 19.2 Å². The highest BCUT2D eigenvalue weighted by molar-refractivity contribution is 5.70. The second-order valence-electron chi connectivity index (χ2n) is 25.5. The highest BCUT2D eigenvalue weighted by atomic mass is 16.6. The highest BCUT2D eigenvalue weighted by Gasteiger charge is 2.22. The molecule has 1 amide bonds. The van der Waals surface area contributed by atoms with Crippen LogP contribution in [0.15, 0.2) is 97.1 Å².